The van der Waals surface area contributed by atoms with Gasteiger partial charge in [-0.25, -0.2) is 0 Å². The smallest absolute Gasteiger partial charge is 0.170 e. The van der Waals surface area contributed by atoms with E-state index in [4.69, 9.17) is 9.47 Å². The van der Waals surface area contributed by atoms with E-state index in [1.54, 1.807) is 0 Å². The first-order valence-corrected chi connectivity index (χ1v) is 5.37. The Labute approximate surface area is 94.4 Å². The third kappa shape index (κ3) is 2.23. The maximum absolute atomic E-state index is 5.09. The quantitative estimate of drug-likeness (QED) is 0.576. The Morgan fingerprint density at radius 2 is 1.38 bits per heavy atom. The largest absolute Gasteiger partial charge is 0.450 e. The molecule has 2 aliphatic rings. The lowest BCUT2D eigenvalue weighted by atomic mass is 10.2. The molecule has 1 atom stereocenters. The fraction of sp³-hybridized carbons (Fsp3) is 0.143. The molecule has 0 N–H and O–H groups in total. The minimum atomic E-state index is 0.409. The topological polar surface area (TPSA) is 25.1 Å². The minimum Gasteiger partial charge on any atom is -0.450 e. The normalized spacial score (nSPS) is 18.6. The number of benzene rings is 2. The molecule has 2 heterocycles. The lowest BCUT2D eigenvalue weighted by Crippen LogP contribution is -1.75. The summed E-state index contributed by atoms with van der Waals surface area (Å²) in [5, 5.41) is 0. The van der Waals surface area contributed by atoms with Crippen molar-refractivity contribution in [3.8, 4) is 11.5 Å². The van der Waals surface area contributed by atoms with Crippen LogP contribution in [0.15, 0.2) is 54.6 Å². The zero-order valence-corrected chi connectivity index (χ0v) is 8.80. The van der Waals surface area contributed by atoms with Gasteiger partial charge in [0.2, 0.25) is 0 Å². The fourth-order valence-electron chi connectivity index (χ4n) is 1.52. The number of hydrogen-bond donors (Lipinski definition) is 0. The summed E-state index contributed by atoms with van der Waals surface area (Å²) >= 11 is 0. The van der Waals surface area contributed by atoms with E-state index in [2.05, 4.69) is 12.1 Å². The highest BCUT2D eigenvalue weighted by Crippen LogP contribution is 2.43. The van der Waals surface area contributed by atoms with E-state index in [1.807, 2.05) is 42.5 Å². The molecule has 2 heteroatoms. The van der Waals surface area contributed by atoms with Crippen LogP contribution in [0.3, 0.4) is 0 Å². The summed E-state index contributed by atoms with van der Waals surface area (Å²) in [5.74, 6) is 2.06. The Morgan fingerprint density at radius 1 is 0.812 bits per heavy atom. The van der Waals surface area contributed by atoms with Gasteiger partial charge in [0.1, 0.15) is 6.10 Å². The van der Waals surface area contributed by atoms with Gasteiger partial charge in [-0.15, -0.1) is 0 Å². The molecule has 0 saturated carbocycles. The highest BCUT2D eigenvalue weighted by molar-refractivity contribution is 5.53. The van der Waals surface area contributed by atoms with E-state index < -0.39 is 0 Å². The molecule has 0 spiro atoms. The van der Waals surface area contributed by atoms with Gasteiger partial charge in [0, 0.05) is 0 Å². The van der Waals surface area contributed by atoms with Crippen molar-refractivity contribution in [1.29, 1.82) is 0 Å². The molecule has 1 saturated heterocycles. The van der Waals surface area contributed by atoms with Crippen LogP contribution < -0.4 is 4.74 Å². The molecular formula is C14H12O2. The Hall–Kier alpha value is -1.80. The first-order chi connectivity index (χ1) is 7.93. The Bertz CT molecular complexity index is 454. The lowest BCUT2D eigenvalue weighted by Gasteiger charge is -1.89. The summed E-state index contributed by atoms with van der Waals surface area (Å²) in [7, 11) is 0. The van der Waals surface area contributed by atoms with Crippen LogP contribution in [0.25, 0.3) is 0 Å². The van der Waals surface area contributed by atoms with Crippen molar-refractivity contribution in [3.05, 3.63) is 60.2 Å². The number of para-hydroxylation sites is 2. The predicted octanol–water partition coefficient (Wildman–Crippen LogP) is 3.55. The van der Waals surface area contributed by atoms with E-state index in [9.17, 15) is 0 Å². The summed E-state index contributed by atoms with van der Waals surface area (Å²) in [6.45, 7) is 0.907. The monoisotopic (exact) mass is 212 g/mol. The highest BCUT2D eigenvalue weighted by atomic mass is 16.6. The van der Waals surface area contributed by atoms with Crippen molar-refractivity contribution in [3.63, 3.8) is 0 Å². The van der Waals surface area contributed by atoms with E-state index >= 15 is 0 Å². The van der Waals surface area contributed by atoms with Crippen molar-refractivity contribution in [2.75, 3.05) is 6.61 Å². The average Bonchev–Trinajstić information content (AvgIpc) is 3.23. The van der Waals surface area contributed by atoms with Crippen LogP contribution in [-0.4, -0.2) is 6.61 Å². The molecule has 2 aromatic rings. The zero-order chi connectivity index (χ0) is 10.8. The van der Waals surface area contributed by atoms with E-state index in [-0.39, 0.29) is 0 Å². The molecule has 2 aliphatic heterocycles. The highest BCUT2D eigenvalue weighted by Gasteiger charge is 2.23. The van der Waals surface area contributed by atoms with E-state index in [0.717, 1.165) is 18.1 Å². The summed E-state index contributed by atoms with van der Waals surface area (Å²) in [4.78, 5) is 0. The molecule has 0 bridgehead atoms. The summed E-state index contributed by atoms with van der Waals surface area (Å²) in [6, 6.07) is 18.1. The summed E-state index contributed by atoms with van der Waals surface area (Å²) < 4.78 is 10.0. The molecule has 0 amide bonds. The Kier molecular flexibility index (Phi) is 2.35. The van der Waals surface area contributed by atoms with E-state index in [0.29, 0.717) is 6.10 Å². The second kappa shape index (κ2) is 3.99. The average molecular weight is 212 g/mol. The standard InChI is InChI=1S/C8H8O.C6H4O/c1-2-4-7(5-3-1)8-6-9-8;1-2-4-6-5(3-1)7-6/h1-5,8H,6H2;1-4H. The molecule has 1 unspecified atom stereocenters. The van der Waals surface area contributed by atoms with Crippen molar-refractivity contribution in [2.45, 2.75) is 6.10 Å². The number of fused-ring (bicyclic) bond motifs is 1. The molecule has 2 aromatic carbocycles. The summed E-state index contributed by atoms with van der Waals surface area (Å²) in [5.41, 5.74) is 1.30. The maximum Gasteiger partial charge on any atom is 0.170 e. The van der Waals surface area contributed by atoms with Gasteiger partial charge in [-0.3, -0.25) is 0 Å². The Balaban J connectivity index is 0.000000104. The van der Waals surface area contributed by atoms with Gasteiger partial charge in [0.25, 0.3) is 0 Å². The number of epoxide rings is 1. The van der Waals surface area contributed by atoms with Crippen LogP contribution in [0, 0.1) is 0 Å². The second-order valence-electron chi connectivity index (χ2n) is 3.78. The van der Waals surface area contributed by atoms with Gasteiger partial charge in [-0.1, -0.05) is 42.5 Å². The predicted molar refractivity (Wildman–Crippen MR) is 61.7 cm³/mol. The molecule has 0 radical (unpaired) electrons. The van der Waals surface area contributed by atoms with Crippen LogP contribution >= 0.6 is 0 Å². The van der Waals surface area contributed by atoms with Crippen molar-refractivity contribution in [2.24, 2.45) is 0 Å². The summed E-state index contributed by atoms with van der Waals surface area (Å²) in [6.07, 6.45) is 0.409. The van der Waals surface area contributed by atoms with Crippen molar-refractivity contribution in [1.82, 2.24) is 0 Å². The fourth-order valence-corrected chi connectivity index (χ4v) is 1.52. The van der Waals surface area contributed by atoms with Crippen LogP contribution in [0.1, 0.15) is 11.7 Å². The van der Waals surface area contributed by atoms with Gasteiger partial charge in [0.05, 0.1) is 6.61 Å². The minimum absolute atomic E-state index is 0.409. The lowest BCUT2D eigenvalue weighted by molar-refractivity contribution is 0.415. The molecule has 4 rings (SSSR count). The third-order valence-electron chi connectivity index (χ3n) is 2.53. The van der Waals surface area contributed by atoms with Gasteiger partial charge in [-0.2, -0.15) is 0 Å². The number of hydrogen-bond acceptors (Lipinski definition) is 2. The first-order valence-electron chi connectivity index (χ1n) is 5.37. The zero-order valence-electron chi connectivity index (χ0n) is 8.80. The van der Waals surface area contributed by atoms with Gasteiger partial charge in [-0.05, 0) is 17.7 Å². The van der Waals surface area contributed by atoms with Gasteiger partial charge >= 0.3 is 0 Å². The van der Waals surface area contributed by atoms with Crippen LogP contribution in [-0.2, 0) is 4.74 Å². The second-order valence-corrected chi connectivity index (χ2v) is 3.78. The van der Waals surface area contributed by atoms with Crippen molar-refractivity contribution >= 4 is 0 Å². The van der Waals surface area contributed by atoms with Crippen LogP contribution in [0.5, 0.6) is 11.5 Å². The Morgan fingerprint density at radius 3 is 1.88 bits per heavy atom. The van der Waals surface area contributed by atoms with Crippen LogP contribution in [0.4, 0.5) is 0 Å². The molecule has 1 fully saturated rings. The number of rotatable bonds is 1. The molecular weight excluding hydrogens is 200 g/mol. The van der Waals surface area contributed by atoms with Gasteiger partial charge < -0.3 is 9.47 Å². The molecule has 16 heavy (non-hydrogen) atoms. The number of ether oxygens (including phenoxy) is 2. The molecule has 2 nitrogen and oxygen atoms in total. The van der Waals surface area contributed by atoms with Gasteiger partial charge in [0.15, 0.2) is 11.5 Å². The van der Waals surface area contributed by atoms with Crippen LogP contribution in [0.2, 0.25) is 0 Å². The molecule has 80 valence electrons. The maximum atomic E-state index is 5.09. The third-order valence-corrected chi connectivity index (χ3v) is 2.53. The van der Waals surface area contributed by atoms with Crippen molar-refractivity contribution < 1.29 is 9.47 Å². The molecule has 0 aliphatic carbocycles. The molecule has 0 aromatic heterocycles. The van der Waals surface area contributed by atoms with E-state index in [1.165, 1.54) is 5.56 Å². The SMILES string of the molecule is c1ccc(C2CO2)cc1.c1ccc2c(c1)O2. The first kappa shape index (κ1) is 9.43.